The minimum Gasteiger partial charge on any atom is -0.505 e. The van der Waals surface area contributed by atoms with Crippen LogP contribution in [0.5, 0.6) is 5.75 Å². The van der Waals surface area contributed by atoms with Crippen LogP contribution in [0.15, 0.2) is 12.1 Å². The Morgan fingerprint density at radius 2 is 1.61 bits per heavy atom. The molecule has 1 aliphatic rings. The van der Waals surface area contributed by atoms with Gasteiger partial charge in [0.25, 0.3) is 0 Å². The van der Waals surface area contributed by atoms with Crippen molar-refractivity contribution in [2.45, 2.75) is 45.8 Å². The summed E-state index contributed by atoms with van der Waals surface area (Å²) in [5, 5.41) is 9.79. The highest BCUT2D eigenvalue weighted by atomic mass is 19.1. The average Bonchev–Trinajstić information content (AvgIpc) is 2.42. The molecule has 1 aliphatic heterocycles. The molecule has 0 spiro atoms. The Hall–Kier alpha value is -1.07. The first-order valence-electron chi connectivity index (χ1n) is 5.99. The van der Waals surface area contributed by atoms with Gasteiger partial charge in [0.2, 0.25) is 0 Å². The average molecular weight is 252 g/mol. The molecule has 3 nitrogen and oxygen atoms in total. The van der Waals surface area contributed by atoms with E-state index in [1.165, 1.54) is 6.07 Å². The van der Waals surface area contributed by atoms with E-state index < -0.39 is 29.9 Å². The maximum Gasteiger partial charge on any atom is 0.498 e. The monoisotopic (exact) mass is 252 g/mol. The van der Waals surface area contributed by atoms with Gasteiger partial charge in [0.1, 0.15) is 0 Å². The topological polar surface area (TPSA) is 38.7 Å². The number of rotatable bonds is 1. The summed E-state index contributed by atoms with van der Waals surface area (Å²) in [5.74, 6) is -1.06. The van der Waals surface area contributed by atoms with Crippen molar-refractivity contribution in [1.29, 1.82) is 0 Å². The number of aryl methyl sites for hydroxylation is 1. The Labute approximate surface area is 107 Å². The second-order valence-corrected chi connectivity index (χ2v) is 5.77. The third kappa shape index (κ3) is 2.02. The van der Waals surface area contributed by atoms with Gasteiger partial charge in [-0.15, -0.1) is 0 Å². The molecule has 0 unspecified atom stereocenters. The van der Waals surface area contributed by atoms with Crippen LogP contribution >= 0.6 is 0 Å². The van der Waals surface area contributed by atoms with Gasteiger partial charge >= 0.3 is 7.12 Å². The van der Waals surface area contributed by atoms with Gasteiger partial charge in [0, 0.05) is 5.46 Å². The highest BCUT2D eigenvalue weighted by Gasteiger charge is 2.52. The number of aromatic hydroxyl groups is 1. The predicted molar refractivity (Wildman–Crippen MR) is 68.5 cm³/mol. The van der Waals surface area contributed by atoms with Gasteiger partial charge in [-0.2, -0.15) is 0 Å². The zero-order valence-electron chi connectivity index (χ0n) is 11.4. The molecular weight excluding hydrogens is 234 g/mol. The van der Waals surface area contributed by atoms with Crippen molar-refractivity contribution in [1.82, 2.24) is 0 Å². The summed E-state index contributed by atoms with van der Waals surface area (Å²) in [4.78, 5) is 0. The van der Waals surface area contributed by atoms with Crippen LogP contribution in [0.2, 0.25) is 0 Å². The lowest BCUT2D eigenvalue weighted by atomic mass is 9.77. The van der Waals surface area contributed by atoms with Gasteiger partial charge < -0.3 is 14.4 Å². The summed E-state index contributed by atoms with van der Waals surface area (Å²) >= 11 is 0. The molecule has 2 rings (SSSR count). The summed E-state index contributed by atoms with van der Waals surface area (Å²) < 4.78 is 25.1. The van der Waals surface area contributed by atoms with Crippen molar-refractivity contribution >= 4 is 12.6 Å². The summed E-state index contributed by atoms with van der Waals surface area (Å²) in [6, 6.07) is 2.96. The molecule has 0 aromatic heterocycles. The Morgan fingerprint density at radius 1 is 1.11 bits per heavy atom. The highest BCUT2D eigenvalue weighted by Crippen LogP contribution is 2.37. The van der Waals surface area contributed by atoms with Crippen molar-refractivity contribution in [2.75, 3.05) is 0 Å². The first-order valence-corrected chi connectivity index (χ1v) is 5.99. The molecule has 98 valence electrons. The van der Waals surface area contributed by atoms with Crippen LogP contribution in [0.3, 0.4) is 0 Å². The fourth-order valence-corrected chi connectivity index (χ4v) is 1.91. The lowest BCUT2D eigenvalue weighted by Crippen LogP contribution is -2.41. The highest BCUT2D eigenvalue weighted by molar-refractivity contribution is 6.63. The largest absolute Gasteiger partial charge is 0.505 e. The zero-order valence-corrected chi connectivity index (χ0v) is 11.4. The number of hydrogen-bond donors (Lipinski definition) is 1. The second kappa shape index (κ2) is 3.97. The van der Waals surface area contributed by atoms with E-state index in [-0.39, 0.29) is 0 Å². The lowest BCUT2D eigenvalue weighted by Gasteiger charge is -2.32. The van der Waals surface area contributed by atoms with Crippen LogP contribution in [0.1, 0.15) is 33.3 Å². The lowest BCUT2D eigenvalue weighted by molar-refractivity contribution is 0.00578. The minimum absolute atomic E-state index is 0.339. The van der Waals surface area contributed by atoms with E-state index in [1.807, 2.05) is 27.7 Å². The van der Waals surface area contributed by atoms with E-state index in [9.17, 15) is 9.50 Å². The van der Waals surface area contributed by atoms with Gasteiger partial charge in [0.15, 0.2) is 11.6 Å². The molecule has 0 amide bonds. The predicted octanol–water partition coefficient (Wildman–Crippen LogP) is 2.14. The molecule has 1 fully saturated rings. The summed E-state index contributed by atoms with van der Waals surface area (Å²) in [6.07, 6.45) is 0. The first-order chi connectivity index (χ1) is 8.14. The Kier molecular flexibility index (Phi) is 2.95. The normalized spacial score (nSPS) is 21.3. The van der Waals surface area contributed by atoms with Gasteiger partial charge in [-0.25, -0.2) is 4.39 Å². The molecule has 0 bridgehead atoms. The number of benzene rings is 1. The third-order valence-electron chi connectivity index (χ3n) is 3.74. The molecule has 0 radical (unpaired) electrons. The standard InChI is InChI=1S/C13H18BFO3/c1-8-6-9(11(16)10(15)7-8)14-17-12(2,3)13(4,5)18-14/h6-7,16H,1-5H3. The summed E-state index contributed by atoms with van der Waals surface area (Å²) in [6.45, 7) is 9.41. The van der Waals surface area contributed by atoms with Crippen LogP contribution in [-0.2, 0) is 9.31 Å². The molecule has 1 heterocycles. The smallest absolute Gasteiger partial charge is 0.498 e. The van der Waals surface area contributed by atoms with Crippen molar-refractivity contribution in [3.8, 4) is 5.75 Å². The van der Waals surface area contributed by atoms with Crippen molar-refractivity contribution < 1.29 is 18.8 Å². The maximum absolute atomic E-state index is 13.5. The number of phenolic OH excluding ortho intramolecular Hbond substituents is 1. The van der Waals surface area contributed by atoms with Crippen molar-refractivity contribution in [2.24, 2.45) is 0 Å². The van der Waals surface area contributed by atoms with Gasteiger partial charge in [-0.3, -0.25) is 0 Å². The fraction of sp³-hybridized carbons (Fsp3) is 0.538. The quantitative estimate of drug-likeness (QED) is 0.778. The molecule has 1 saturated heterocycles. The summed E-state index contributed by atoms with van der Waals surface area (Å²) in [5.41, 5.74) is 0.0374. The molecule has 0 atom stereocenters. The van der Waals surface area contributed by atoms with E-state index in [0.717, 1.165) is 5.56 Å². The van der Waals surface area contributed by atoms with Crippen LogP contribution < -0.4 is 5.46 Å². The van der Waals surface area contributed by atoms with Gasteiger partial charge in [-0.05, 0) is 46.2 Å². The van der Waals surface area contributed by atoms with Crippen LogP contribution in [-0.4, -0.2) is 23.4 Å². The molecule has 18 heavy (non-hydrogen) atoms. The van der Waals surface area contributed by atoms with Crippen LogP contribution in [0, 0.1) is 12.7 Å². The number of halogens is 1. The van der Waals surface area contributed by atoms with Crippen molar-refractivity contribution in [3.05, 3.63) is 23.5 Å². The van der Waals surface area contributed by atoms with Gasteiger partial charge in [0.05, 0.1) is 11.2 Å². The molecule has 5 heteroatoms. The number of phenols is 1. The Morgan fingerprint density at radius 3 is 2.11 bits per heavy atom. The van der Waals surface area contributed by atoms with E-state index >= 15 is 0 Å². The van der Waals surface area contributed by atoms with Crippen LogP contribution in [0.25, 0.3) is 0 Å². The minimum atomic E-state index is -0.746. The fourth-order valence-electron chi connectivity index (χ4n) is 1.91. The molecule has 1 aromatic rings. The second-order valence-electron chi connectivity index (χ2n) is 5.77. The third-order valence-corrected chi connectivity index (χ3v) is 3.74. The maximum atomic E-state index is 13.5. The molecule has 0 aliphatic carbocycles. The van der Waals surface area contributed by atoms with Gasteiger partial charge in [-0.1, -0.05) is 6.07 Å². The Balaban J connectivity index is 2.41. The molecule has 0 saturated carbocycles. The summed E-state index contributed by atoms with van der Waals surface area (Å²) in [7, 11) is -0.746. The number of hydrogen-bond acceptors (Lipinski definition) is 3. The molecular formula is C13H18BFO3. The van der Waals surface area contributed by atoms with E-state index in [4.69, 9.17) is 9.31 Å². The van der Waals surface area contributed by atoms with Crippen LogP contribution in [0.4, 0.5) is 4.39 Å². The molecule has 1 aromatic carbocycles. The SMILES string of the molecule is Cc1cc(F)c(O)c(B2OC(C)(C)C(C)(C)O2)c1. The Bertz CT molecular complexity index is 469. The van der Waals surface area contributed by atoms with E-state index in [1.54, 1.807) is 13.0 Å². The van der Waals surface area contributed by atoms with E-state index in [2.05, 4.69) is 0 Å². The first kappa shape index (κ1) is 13.4. The zero-order chi connectivity index (χ0) is 13.7. The van der Waals surface area contributed by atoms with E-state index in [0.29, 0.717) is 5.46 Å². The van der Waals surface area contributed by atoms with Crippen molar-refractivity contribution in [3.63, 3.8) is 0 Å². The molecule has 1 N–H and O–H groups in total.